The highest BCUT2D eigenvalue weighted by molar-refractivity contribution is 5.97. The standard InChI is InChI=1S/C17H22N2O4/c1-19(2)13(14-9-6-10-23-14)11-18-17(20)12-7-5-8-15(21-3)16(12)22-4/h5-10,13H,11H2,1-4H3,(H,18,20)/t13-/m0/s1. The Morgan fingerprint density at radius 3 is 2.57 bits per heavy atom. The number of amides is 1. The summed E-state index contributed by atoms with van der Waals surface area (Å²) in [5, 5.41) is 2.92. The molecule has 124 valence electrons. The normalized spacial score (nSPS) is 12.0. The first-order valence-corrected chi connectivity index (χ1v) is 7.27. The van der Waals surface area contributed by atoms with Crippen LogP contribution >= 0.6 is 0 Å². The van der Waals surface area contributed by atoms with Crippen LogP contribution in [-0.2, 0) is 0 Å². The molecular weight excluding hydrogens is 296 g/mol. The van der Waals surface area contributed by atoms with Crippen molar-refractivity contribution in [3.05, 3.63) is 47.9 Å². The predicted octanol–water partition coefficient (Wildman–Crippen LogP) is 2.33. The number of hydrogen-bond acceptors (Lipinski definition) is 5. The molecular formula is C17H22N2O4. The summed E-state index contributed by atoms with van der Waals surface area (Å²) < 4.78 is 16.0. The van der Waals surface area contributed by atoms with Gasteiger partial charge < -0.3 is 19.2 Å². The van der Waals surface area contributed by atoms with E-state index in [0.717, 1.165) is 5.76 Å². The molecule has 0 saturated carbocycles. The Labute approximate surface area is 136 Å². The quantitative estimate of drug-likeness (QED) is 0.849. The van der Waals surface area contributed by atoms with Gasteiger partial charge in [0, 0.05) is 6.54 Å². The zero-order chi connectivity index (χ0) is 16.8. The Morgan fingerprint density at radius 1 is 1.22 bits per heavy atom. The SMILES string of the molecule is COc1cccc(C(=O)NC[C@@H](c2ccco2)N(C)C)c1OC. The van der Waals surface area contributed by atoms with Gasteiger partial charge in [0.15, 0.2) is 11.5 Å². The molecule has 0 aliphatic heterocycles. The Kier molecular flexibility index (Phi) is 5.65. The van der Waals surface area contributed by atoms with Crippen LogP contribution in [0.15, 0.2) is 41.0 Å². The van der Waals surface area contributed by atoms with E-state index in [1.54, 1.807) is 31.6 Å². The van der Waals surface area contributed by atoms with Gasteiger partial charge in [0.1, 0.15) is 5.76 Å². The molecule has 0 bridgehead atoms. The van der Waals surface area contributed by atoms with E-state index >= 15 is 0 Å². The molecule has 1 N–H and O–H groups in total. The molecule has 0 radical (unpaired) electrons. The number of ether oxygens (including phenoxy) is 2. The van der Waals surface area contributed by atoms with Crippen LogP contribution in [0, 0.1) is 0 Å². The van der Waals surface area contributed by atoms with Crippen LogP contribution in [-0.4, -0.2) is 45.7 Å². The van der Waals surface area contributed by atoms with Gasteiger partial charge in [0.25, 0.3) is 5.91 Å². The maximum Gasteiger partial charge on any atom is 0.255 e. The Bertz CT molecular complexity index is 638. The van der Waals surface area contributed by atoms with Crippen molar-refractivity contribution in [2.24, 2.45) is 0 Å². The number of carbonyl (C=O) groups is 1. The van der Waals surface area contributed by atoms with Crippen molar-refractivity contribution in [2.75, 3.05) is 34.9 Å². The van der Waals surface area contributed by atoms with E-state index in [1.807, 2.05) is 31.1 Å². The minimum Gasteiger partial charge on any atom is -0.493 e. The van der Waals surface area contributed by atoms with E-state index in [0.29, 0.717) is 23.6 Å². The van der Waals surface area contributed by atoms with Crippen LogP contribution in [0.4, 0.5) is 0 Å². The number of methoxy groups -OCH3 is 2. The van der Waals surface area contributed by atoms with E-state index in [-0.39, 0.29) is 11.9 Å². The van der Waals surface area contributed by atoms with Gasteiger partial charge in [-0.2, -0.15) is 0 Å². The highest BCUT2D eigenvalue weighted by atomic mass is 16.5. The van der Waals surface area contributed by atoms with Crippen LogP contribution in [0.2, 0.25) is 0 Å². The van der Waals surface area contributed by atoms with Crippen LogP contribution < -0.4 is 14.8 Å². The smallest absolute Gasteiger partial charge is 0.255 e. The summed E-state index contributed by atoms with van der Waals surface area (Å²) >= 11 is 0. The zero-order valence-corrected chi connectivity index (χ0v) is 13.8. The molecule has 1 aromatic carbocycles. The molecule has 2 rings (SSSR count). The summed E-state index contributed by atoms with van der Waals surface area (Å²) in [6.07, 6.45) is 1.62. The molecule has 6 nitrogen and oxygen atoms in total. The van der Waals surface area contributed by atoms with Crippen LogP contribution in [0.1, 0.15) is 22.2 Å². The lowest BCUT2D eigenvalue weighted by atomic mass is 10.1. The second-order valence-electron chi connectivity index (χ2n) is 5.25. The fourth-order valence-corrected chi connectivity index (χ4v) is 2.37. The molecule has 1 amide bonds. The maximum absolute atomic E-state index is 12.5. The van der Waals surface area contributed by atoms with Crippen LogP contribution in [0.25, 0.3) is 0 Å². The molecule has 6 heteroatoms. The second kappa shape index (κ2) is 7.69. The first kappa shape index (κ1) is 16.9. The average molecular weight is 318 g/mol. The third kappa shape index (κ3) is 3.84. The first-order chi connectivity index (χ1) is 11.1. The predicted molar refractivity (Wildman–Crippen MR) is 87.0 cm³/mol. The lowest BCUT2D eigenvalue weighted by Gasteiger charge is -2.23. The molecule has 0 unspecified atom stereocenters. The van der Waals surface area contributed by atoms with Gasteiger partial charge in [-0.15, -0.1) is 0 Å². The molecule has 0 fully saturated rings. The van der Waals surface area contributed by atoms with Crippen molar-refractivity contribution in [2.45, 2.75) is 6.04 Å². The van der Waals surface area contributed by atoms with Gasteiger partial charge in [-0.05, 0) is 38.4 Å². The number of hydrogen-bond donors (Lipinski definition) is 1. The van der Waals surface area contributed by atoms with Gasteiger partial charge in [-0.1, -0.05) is 6.07 Å². The Morgan fingerprint density at radius 2 is 2.00 bits per heavy atom. The first-order valence-electron chi connectivity index (χ1n) is 7.27. The third-order valence-corrected chi connectivity index (χ3v) is 3.60. The molecule has 2 aromatic rings. The highest BCUT2D eigenvalue weighted by Gasteiger charge is 2.20. The van der Waals surface area contributed by atoms with Crippen molar-refractivity contribution in [3.63, 3.8) is 0 Å². The molecule has 0 saturated heterocycles. The van der Waals surface area contributed by atoms with E-state index in [9.17, 15) is 4.79 Å². The monoisotopic (exact) mass is 318 g/mol. The van der Waals surface area contributed by atoms with Crippen LogP contribution in [0.5, 0.6) is 11.5 Å². The summed E-state index contributed by atoms with van der Waals surface area (Å²) in [7, 11) is 6.93. The highest BCUT2D eigenvalue weighted by Crippen LogP contribution is 2.30. The minimum absolute atomic E-state index is 0.0504. The topological polar surface area (TPSA) is 63.9 Å². The van der Waals surface area contributed by atoms with E-state index in [1.165, 1.54) is 7.11 Å². The summed E-state index contributed by atoms with van der Waals surface area (Å²) in [5.41, 5.74) is 0.434. The summed E-state index contributed by atoms with van der Waals surface area (Å²) in [5.74, 6) is 1.52. The molecule has 1 aromatic heterocycles. The van der Waals surface area contributed by atoms with Crippen molar-refractivity contribution in [3.8, 4) is 11.5 Å². The molecule has 0 spiro atoms. The van der Waals surface area contributed by atoms with Crippen molar-refractivity contribution in [1.29, 1.82) is 0 Å². The van der Waals surface area contributed by atoms with E-state index in [4.69, 9.17) is 13.9 Å². The summed E-state index contributed by atoms with van der Waals surface area (Å²) in [4.78, 5) is 14.5. The van der Waals surface area contributed by atoms with E-state index in [2.05, 4.69) is 5.32 Å². The zero-order valence-electron chi connectivity index (χ0n) is 13.8. The molecule has 0 aliphatic carbocycles. The van der Waals surface area contributed by atoms with Crippen molar-refractivity contribution >= 4 is 5.91 Å². The molecule has 1 atom stereocenters. The number of nitrogens with one attached hydrogen (secondary N) is 1. The third-order valence-electron chi connectivity index (χ3n) is 3.60. The second-order valence-corrected chi connectivity index (χ2v) is 5.25. The maximum atomic E-state index is 12.5. The number of furan rings is 1. The van der Waals surface area contributed by atoms with Gasteiger partial charge in [0.05, 0.1) is 32.1 Å². The number of likely N-dealkylation sites (N-methyl/N-ethyl adjacent to an activating group) is 1. The van der Waals surface area contributed by atoms with Gasteiger partial charge in [0.2, 0.25) is 0 Å². The van der Waals surface area contributed by atoms with Gasteiger partial charge in [-0.3, -0.25) is 9.69 Å². The lowest BCUT2D eigenvalue weighted by molar-refractivity contribution is 0.0935. The minimum atomic E-state index is -0.223. The number of nitrogens with zero attached hydrogens (tertiary/aromatic N) is 1. The summed E-state index contributed by atoms with van der Waals surface area (Å²) in [6.45, 7) is 0.416. The van der Waals surface area contributed by atoms with Crippen molar-refractivity contribution in [1.82, 2.24) is 10.2 Å². The molecule has 0 aliphatic rings. The molecule has 23 heavy (non-hydrogen) atoms. The number of para-hydroxylation sites is 1. The lowest BCUT2D eigenvalue weighted by Crippen LogP contribution is -2.34. The van der Waals surface area contributed by atoms with Crippen LogP contribution in [0.3, 0.4) is 0 Å². The fraction of sp³-hybridized carbons (Fsp3) is 0.353. The van der Waals surface area contributed by atoms with Gasteiger partial charge in [-0.25, -0.2) is 0 Å². The number of rotatable bonds is 7. The Balaban J connectivity index is 2.13. The number of carbonyl (C=O) groups excluding carboxylic acids is 1. The summed E-state index contributed by atoms with van der Waals surface area (Å²) in [6, 6.07) is 8.88. The fourth-order valence-electron chi connectivity index (χ4n) is 2.37. The number of benzene rings is 1. The Hall–Kier alpha value is -2.47. The largest absolute Gasteiger partial charge is 0.493 e. The average Bonchev–Trinajstić information content (AvgIpc) is 3.07. The molecule has 1 heterocycles. The van der Waals surface area contributed by atoms with Crippen molar-refractivity contribution < 1.29 is 18.7 Å². The van der Waals surface area contributed by atoms with Gasteiger partial charge >= 0.3 is 0 Å². The van der Waals surface area contributed by atoms with E-state index < -0.39 is 0 Å².